The van der Waals surface area contributed by atoms with Crippen molar-refractivity contribution in [1.29, 1.82) is 0 Å². The largest absolute Gasteiger partial charge is 0.480 e. The first-order valence-corrected chi connectivity index (χ1v) is 15.2. The van der Waals surface area contributed by atoms with Crippen LogP contribution in [0.25, 0.3) is 0 Å². The minimum Gasteiger partial charge on any atom is -0.480 e. The van der Waals surface area contributed by atoms with E-state index in [0.717, 1.165) is 44.9 Å². The first-order chi connectivity index (χ1) is 20.4. The molecule has 44 heavy (non-hydrogen) atoms. The Morgan fingerprint density at radius 2 is 1.23 bits per heavy atom. The van der Waals surface area contributed by atoms with Gasteiger partial charge < -0.3 is 28.8 Å². The normalized spacial score (nSPS) is 17.0. The van der Waals surface area contributed by atoms with Crippen molar-refractivity contribution in [1.82, 2.24) is 9.80 Å². The zero-order valence-electron chi connectivity index (χ0n) is 27.7. The van der Waals surface area contributed by atoms with Gasteiger partial charge in [0.05, 0.1) is 26.3 Å². The number of hydrogen-bond acceptors (Lipinski definition) is 9. The molecule has 0 amide bonds. The zero-order chi connectivity index (χ0) is 32.4. The molecule has 0 bridgehead atoms. The smallest absolute Gasteiger partial charge is 0.320 e. The van der Waals surface area contributed by atoms with Crippen molar-refractivity contribution < 1.29 is 38.4 Å². The fraction of sp³-hybridized carbons (Fsp3) is 0.588. The van der Waals surface area contributed by atoms with E-state index in [1.54, 1.807) is 0 Å². The Balaban J connectivity index is 1.60. The van der Waals surface area contributed by atoms with Crippen LogP contribution in [0.15, 0.2) is 24.3 Å². The molecule has 2 heterocycles. The lowest BCUT2D eigenvalue weighted by molar-refractivity contribution is -0.181. The quantitative estimate of drug-likeness (QED) is 0.335. The van der Waals surface area contributed by atoms with Gasteiger partial charge in [0.2, 0.25) is 11.6 Å². The van der Waals surface area contributed by atoms with E-state index in [-0.39, 0.29) is 19.1 Å². The van der Waals surface area contributed by atoms with Crippen molar-refractivity contribution in [3.05, 3.63) is 57.6 Å². The molecule has 2 aromatic rings. The molecular weight excluding hydrogens is 564 g/mol. The van der Waals surface area contributed by atoms with Crippen LogP contribution in [-0.4, -0.2) is 70.2 Å². The topological polar surface area (TPSA) is 107 Å². The molecule has 4 rings (SSSR count). The predicted molar refractivity (Wildman–Crippen MR) is 165 cm³/mol. The highest BCUT2D eigenvalue weighted by Crippen LogP contribution is 2.37. The van der Waals surface area contributed by atoms with Gasteiger partial charge in [0.25, 0.3) is 0 Å². The van der Waals surface area contributed by atoms with Crippen LogP contribution in [0.4, 0.5) is 0 Å². The molecule has 2 aromatic carbocycles. The number of benzene rings is 2. The number of esters is 1. The van der Waals surface area contributed by atoms with Gasteiger partial charge in [-0.3, -0.25) is 19.4 Å². The molecule has 0 fully saturated rings. The average molecular weight is 613 g/mol. The summed E-state index contributed by atoms with van der Waals surface area (Å²) in [6.07, 6.45) is 0. The van der Waals surface area contributed by atoms with Crippen LogP contribution in [-0.2, 0) is 50.1 Å². The zero-order valence-corrected chi connectivity index (χ0v) is 27.7. The SMILES string of the molecule is Cc1cc2c(c(CN(CCN(CC(=O)OC(C)(C)C)Cc3cc(C)cc4c3OC(C)(C)OC4)CC(=O)O)c1)OC(C)(C)OC2. The van der Waals surface area contributed by atoms with Crippen LogP contribution in [0.1, 0.15) is 81.8 Å². The predicted octanol–water partition coefficient (Wildman–Crippen LogP) is 5.32. The number of carbonyl (C=O) groups is 2. The lowest BCUT2D eigenvalue weighted by atomic mass is 10.0. The maximum atomic E-state index is 13.0. The molecule has 0 aliphatic carbocycles. The number of carboxylic acids is 1. The summed E-state index contributed by atoms with van der Waals surface area (Å²) in [5.74, 6) is -1.35. The van der Waals surface area contributed by atoms with Gasteiger partial charge in [0.1, 0.15) is 17.1 Å². The van der Waals surface area contributed by atoms with Crippen LogP contribution in [0.3, 0.4) is 0 Å². The maximum Gasteiger partial charge on any atom is 0.320 e. The van der Waals surface area contributed by atoms with Gasteiger partial charge in [0.15, 0.2) is 0 Å². The summed E-state index contributed by atoms with van der Waals surface area (Å²) < 4.78 is 29.8. The van der Waals surface area contributed by atoms with Crippen molar-refractivity contribution in [3.63, 3.8) is 0 Å². The van der Waals surface area contributed by atoms with Crippen LogP contribution < -0.4 is 9.47 Å². The summed E-state index contributed by atoms with van der Waals surface area (Å²) in [7, 11) is 0. The lowest BCUT2D eigenvalue weighted by Crippen LogP contribution is -2.41. The fourth-order valence-corrected chi connectivity index (χ4v) is 5.56. The van der Waals surface area contributed by atoms with Gasteiger partial charge in [-0.25, -0.2) is 0 Å². The molecule has 2 aliphatic rings. The first kappa shape index (κ1) is 33.7. The van der Waals surface area contributed by atoms with Gasteiger partial charge in [-0.05, 0) is 34.6 Å². The molecule has 0 aromatic heterocycles. The molecule has 10 nitrogen and oxygen atoms in total. The molecule has 10 heteroatoms. The fourth-order valence-electron chi connectivity index (χ4n) is 5.56. The second-order valence-electron chi connectivity index (χ2n) is 13.8. The Kier molecular flexibility index (Phi) is 9.99. The van der Waals surface area contributed by atoms with E-state index in [4.69, 9.17) is 23.7 Å². The molecule has 0 radical (unpaired) electrons. The maximum absolute atomic E-state index is 13.0. The number of nitrogens with zero attached hydrogens (tertiary/aromatic N) is 2. The summed E-state index contributed by atoms with van der Waals surface area (Å²) >= 11 is 0. The highest BCUT2D eigenvalue weighted by Gasteiger charge is 2.32. The van der Waals surface area contributed by atoms with Gasteiger partial charge >= 0.3 is 11.9 Å². The second-order valence-corrected chi connectivity index (χ2v) is 13.8. The van der Waals surface area contributed by atoms with E-state index in [0.29, 0.717) is 39.4 Å². The minimum atomic E-state index is -0.932. The molecule has 0 unspecified atom stereocenters. The summed E-state index contributed by atoms with van der Waals surface area (Å²) in [4.78, 5) is 28.9. The lowest BCUT2D eigenvalue weighted by Gasteiger charge is -2.35. The van der Waals surface area contributed by atoms with Crippen LogP contribution in [0, 0.1) is 13.8 Å². The van der Waals surface area contributed by atoms with Gasteiger partial charge in [0, 0.05) is 76.1 Å². The van der Waals surface area contributed by atoms with Crippen molar-refractivity contribution in [2.24, 2.45) is 0 Å². The van der Waals surface area contributed by atoms with Gasteiger partial charge in [-0.2, -0.15) is 0 Å². The van der Waals surface area contributed by atoms with Crippen molar-refractivity contribution >= 4 is 11.9 Å². The third-order valence-electron chi connectivity index (χ3n) is 7.27. The summed E-state index contributed by atoms with van der Waals surface area (Å²) in [6.45, 7) is 19.3. The van der Waals surface area contributed by atoms with Crippen LogP contribution >= 0.6 is 0 Å². The van der Waals surface area contributed by atoms with Gasteiger partial charge in [-0.1, -0.05) is 35.4 Å². The molecule has 242 valence electrons. The van der Waals surface area contributed by atoms with E-state index < -0.39 is 23.1 Å². The second kappa shape index (κ2) is 13.0. The van der Waals surface area contributed by atoms with Gasteiger partial charge in [-0.15, -0.1) is 0 Å². The Bertz CT molecular complexity index is 1380. The van der Waals surface area contributed by atoms with Crippen LogP contribution in [0.2, 0.25) is 0 Å². The Morgan fingerprint density at radius 3 is 1.64 bits per heavy atom. The summed E-state index contributed by atoms with van der Waals surface area (Å²) in [5.41, 5.74) is 5.22. The number of rotatable bonds is 11. The molecular formula is C34H48N2O8. The van der Waals surface area contributed by atoms with E-state index in [1.807, 2.05) is 84.2 Å². The Labute approximate surface area is 261 Å². The number of fused-ring (bicyclic) bond motifs is 2. The number of aryl methyl sites for hydroxylation is 2. The number of carbonyl (C=O) groups excluding carboxylic acids is 1. The third-order valence-corrected chi connectivity index (χ3v) is 7.27. The highest BCUT2D eigenvalue weighted by molar-refractivity contribution is 5.72. The van der Waals surface area contributed by atoms with Crippen molar-refractivity contribution in [2.45, 2.75) is 106 Å². The Morgan fingerprint density at radius 1 is 0.795 bits per heavy atom. The number of aliphatic carboxylic acids is 1. The molecule has 0 saturated heterocycles. The van der Waals surface area contributed by atoms with Crippen molar-refractivity contribution in [3.8, 4) is 11.5 Å². The summed E-state index contributed by atoms with van der Waals surface area (Å²) in [6, 6.07) is 8.19. The number of hydrogen-bond donors (Lipinski definition) is 1. The third kappa shape index (κ3) is 9.41. The van der Waals surface area contributed by atoms with E-state index >= 15 is 0 Å². The monoisotopic (exact) mass is 612 g/mol. The molecule has 2 aliphatic heterocycles. The summed E-state index contributed by atoms with van der Waals surface area (Å²) in [5, 5.41) is 9.81. The van der Waals surface area contributed by atoms with E-state index in [1.165, 1.54) is 0 Å². The molecule has 0 atom stereocenters. The standard InChI is InChI=1S/C34H48N2O8/c1-22-12-24(30-26(14-22)20-40-33(6,7)43-30)16-35(18-28(37)38)10-11-36(19-29(39)42-32(3,4)5)17-25-13-23(2)15-27-21-41-34(8,9)44-31(25)27/h12-15H,10-11,16-21H2,1-9H3,(H,37,38). The highest BCUT2D eigenvalue weighted by atomic mass is 16.7. The first-order valence-electron chi connectivity index (χ1n) is 15.2. The number of ether oxygens (including phenoxy) is 5. The molecule has 0 spiro atoms. The van der Waals surface area contributed by atoms with E-state index in [9.17, 15) is 14.7 Å². The van der Waals surface area contributed by atoms with E-state index in [2.05, 4.69) is 12.1 Å². The number of carboxylic acid groups (broad SMARTS) is 1. The average Bonchev–Trinajstić information content (AvgIpc) is 2.86. The van der Waals surface area contributed by atoms with Crippen LogP contribution in [0.5, 0.6) is 11.5 Å². The molecule has 1 N–H and O–H groups in total. The minimum absolute atomic E-state index is 0.0370. The van der Waals surface area contributed by atoms with Crippen molar-refractivity contribution in [2.75, 3.05) is 26.2 Å². The molecule has 0 saturated carbocycles. The Hall–Kier alpha value is -3.18.